The molecule has 0 saturated carbocycles. The van der Waals surface area contributed by atoms with Crippen molar-refractivity contribution in [3.05, 3.63) is 10.1 Å². The maximum absolute atomic E-state index is 11.4. The highest BCUT2D eigenvalue weighted by Gasteiger charge is 2.29. The van der Waals surface area contributed by atoms with E-state index in [1.165, 1.54) is 0 Å². The van der Waals surface area contributed by atoms with Crippen molar-refractivity contribution in [1.82, 2.24) is 9.97 Å². The molecule has 2 heterocycles. The number of anilines is 3. The van der Waals surface area contributed by atoms with Gasteiger partial charge in [-0.2, -0.15) is 9.97 Å². The fourth-order valence-corrected chi connectivity index (χ4v) is 2.79. The van der Waals surface area contributed by atoms with Crippen LogP contribution >= 0.6 is 0 Å². The van der Waals surface area contributed by atoms with Gasteiger partial charge in [0.2, 0.25) is 17.6 Å². The standard InChI is InChI=1S/C15H26N6O2/c1-10(2)6-7-17-15-18-13(16)12(21(22)23)14(19-15)20-8-4-5-11(3)9-20/h10-11H,4-9H2,1-3H3,(H3,16,17,18,19)/t11-/m0/s1. The Morgan fingerprint density at radius 1 is 1.48 bits per heavy atom. The normalized spacial score (nSPS) is 18.3. The summed E-state index contributed by atoms with van der Waals surface area (Å²) in [5.74, 6) is 1.66. The summed E-state index contributed by atoms with van der Waals surface area (Å²) in [6.07, 6.45) is 3.10. The van der Waals surface area contributed by atoms with Gasteiger partial charge in [0.15, 0.2) is 0 Å². The molecular weight excluding hydrogens is 296 g/mol. The molecule has 0 spiro atoms. The molecule has 8 nitrogen and oxygen atoms in total. The van der Waals surface area contributed by atoms with Gasteiger partial charge in [0.1, 0.15) is 0 Å². The van der Waals surface area contributed by atoms with E-state index in [1.54, 1.807) is 0 Å². The molecule has 0 amide bonds. The molecule has 1 aromatic heterocycles. The Bertz CT molecular complexity index is 563. The number of nitro groups is 1. The van der Waals surface area contributed by atoms with Gasteiger partial charge in [0.25, 0.3) is 0 Å². The third kappa shape index (κ3) is 4.43. The van der Waals surface area contributed by atoms with Gasteiger partial charge in [0.05, 0.1) is 4.92 Å². The van der Waals surface area contributed by atoms with E-state index >= 15 is 0 Å². The number of piperidine rings is 1. The van der Waals surface area contributed by atoms with E-state index in [4.69, 9.17) is 5.73 Å². The van der Waals surface area contributed by atoms with E-state index < -0.39 is 4.92 Å². The van der Waals surface area contributed by atoms with Crippen molar-refractivity contribution < 1.29 is 4.92 Å². The Morgan fingerprint density at radius 3 is 2.83 bits per heavy atom. The highest BCUT2D eigenvalue weighted by Crippen LogP contribution is 2.34. The van der Waals surface area contributed by atoms with E-state index in [0.29, 0.717) is 30.1 Å². The number of nitrogen functional groups attached to an aromatic ring is 1. The van der Waals surface area contributed by atoms with Gasteiger partial charge in [-0.15, -0.1) is 0 Å². The Morgan fingerprint density at radius 2 is 2.22 bits per heavy atom. The molecule has 2 rings (SSSR count). The lowest BCUT2D eigenvalue weighted by Gasteiger charge is -2.31. The van der Waals surface area contributed by atoms with Gasteiger partial charge in [-0.25, -0.2) is 0 Å². The molecule has 3 N–H and O–H groups in total. The van der Waals surface area contributed by atoms with E-state index in [0.717, 1.165) is 32.4 Å². The van der Waals surface area contributed by atoms with E-state index in [1.807, 2.05) is 4.90 Å². The van der Waals surface area contributed by atoms with Crippen LogP contribution < -0.4 is 16.0 Å². The van der Waals surface area contributed by atoms with Gasteiger partial charge < -0.3 is 16.0 Å². The van der Waals surface area contributed by atoms with Crippen molar-refractivity contribution in [2.75, 3.05) is 35.6 Å². The molecule has 1 aliphatic heterocycles. The minimum Gasteiger partial charge on any atom is -0.378 e. The summed E-state index contributed by atoms with van der Waals surface area (Å²) in [6, 6.07) is 0. The van der Waals surface area contributed by atoms with Crippen molar-refractivity contribution in [1.29, 1.82) is 0 Å². The van der Waals surface area contributed by atoms with Crippen molar-refractivity contribution in [3.8, 4) is 0 Å². The summed E-state index contributed by atoms with van der Waals surface area (Å²) in [5.41, 5.74) is 5.65. The number of hydrogen-bond donors (Lipinski definition) is 2. The summed E-state index contributed by atoms with van der Waals surface area (Å²) >= 11 is 0. The van der Waals surface area contributed by atoms with Gasteiger partial charge in [0, 0.05) is 19.6 Å². The minimum absolute atomic E-state index is 0.0785. The first-order valence-corrected chi connectivity index (χ1v) is 8.19. The summed E-state index contributed by atoms with van der Waals surface area (Å²) in [7, 11) is 0. The number of nitrogens with zero attached hydrogens (tertiary/aromatic N) is 4. The summed E-state index contributed by atoms with van der Waals surface area (Å²) in [6.45, 7) is 8.63. The molecule has 1 saturated heterocycles. The molecule has 0 aromatic carbocycles. The van der Waals surface area contributed by atoms with Crippen molar-refractivity contribution >= 4 is 23.3 Å². The molecule has 0 radical (unpaired) electrons. The molecule has 1 aromatic rings. The third-order valence-electron chi connectivity index (χ3n) is 4.04. The molecule has 8 heteroatoms. The van der Waals surface area contributed by atoms with Crippen molar-refractivity contribution in [2.45, 2.75) is 40.0 Å². The van der Waals surface area contributed by atoms with Gasteiger partial charge in [-0.1, -0.05) is 20.8 Å². The largest absolute Gasteiger partial charge is 0.378 e. The van der Waals surface area contributed by atoms with Crippen LogP contribution in [0.25, 0.3) is 0 Å². The molecule has 0 aliphatic carbocycles. The van der Waals surface area contributed by atoms with Gasteiger partial charge in [-0.05, 0) is 31.1 Å². The smallest absolute Gasteiger partial charge is 0.353 e. The average molecular weight is 322 g/mol. The highest BCUT2D eigenvalue weighted by molar-refractivity contribution is 5.71. The zero-order valence-corrected chi connectivity index (χ0v) is 14.1. The lowest BCUT2D eigenvalue weighted by molar-refractivity contribution is -0.383. The van der Waals surface area contributed by atoms with Gasteiger partial charge >= 0.3 is 5.69 Å². The summed E-state index contributed by atoms with van der Waals surface area (Å²) in [5, 5.41) is 14.5. The predicted molar refractivity (Wildman–Crippen MR) is 91.7 cm³/mol. The van der Waals surface area contributed by atoms with Crippen LogP contribution in [0.2, 0.25) is 0 Å². The monoisotopic (exact) mass is 322 g/mol. The first-order valence-electron chi connectivity index (χ1n) is 8.19. The molecule has 1 atom stereocenters. The second-order valence-electron chi connectivity index (χ2n) is 6.66. The van der Waals surface area contributed by atoms with Gasteiger partial charge in [-0.3, -0.25) is 10.1 Å². The number of nitrogens with two attached hydrogens (primary N) is 1. The van der Waals surface area contributed by atoms with Crippen LogP contribution in [0.15, 0.2) is 0 Å². The number of aromatic nitrogens is 2. The highest BCUT2D eigenvalue weighted by atomic mass is 16.6. The van der Waals surface area contributed by atoms with E-state index in [-0.39, 0.29) is 11.5 Å². The van der Waals surface area contributed by atoms with Crippen LogP contribution in [0.5, 0.6) is 0 Å². The average Bonchev–Trinajstić information content (AvgIpc) is 2.45. The van der Waals surface area contributed by atoms with Crippen LogP contribution in [-0.2, 0) is 0 Å². The molecule has 23 heavy (non-hydrogen) atoms. The van der Waals surface area contributed by atoms with Crippen LogP contribution in [-0.4, -0.2) is 34.5 Å². The third-order valence-corrected chi connectivity index (χ3v) is 4.04. The predicted octanol–water partition coefficient (Wildman–Crippen LogP) is 2.66. The van der Waals surface area contributed by atoms with Crippen LogP contribution in [0.1, 0.15) is 40.0 Å². The summed E-state index contributed by atoms with van der Waals surface area (Å²) < 4.78 is 0. The Kier molecular flexibility index (Phi) is 5.57. The maximum atomic E-state index is 11.4. The Balaban J connectivity index is 2.28. The Labute approximate surface area is 136 Å². The van der Waals surface area contributed by atoms with Crippen LogP contribution in [0.3, 0.4) is 0 Å². The lowest BCUT2D eigenvalue weighted by atomic mass is 10.0. The number of hydrogen-bond acceptors (Lipinski definition) is 7. The Hall–Kier alpha value is -2.12. The first kappa shape index (κ1) is 17.2. The zero-order valence-electron chi connectivity index (χ0n) is 14.1. The maximum Gasteiger partial charge on any atom is 0.353 e. The summed E-state index contributed by atoms with van der Waals surface area (Å²) in [4.78, 5) is 21.3. The fraction of sp³-hybridized carbons (Fsp3) is 0.733. The van der Waals surface area contributed by atoms with Crippen molar-refractivity contribution in [3.63, 3.8) is 0 Å². The molecule has 0 unspecified atom stereocenters. The van der Waals surface area contributed by atoms with Crippen LogP contribution in [0, 0.1) is 22.0 Å². The molecule has 1 fully saturated rings. The van der Waals surface area contributed by atoms with Crippen LogP contribution in [0.4, 0.5) is 23.3 Å². The molecular formula is C15H26N6O2. The molecule has 1 aliphatic rings. The molecule has 128 valence electrons. The fourth-order valence-electron chi connectivity index (χ4n) is 2.79. The second-order valence-corrected chi connectivity index (χ2v) is 6.66. The topological polar surface area (TPSA) is 110 Å². The zero-order chi connectivity index (χ0) is 17.0. The quantitative estimate of drug-likeness (QED) is 0.612. The molecule has 0 bridgehead atoms. The minimum atomic E-state index is -0.484. The number of rotatable bonds is 6. The first-order chi connectivity index (χ1) is 10.9. The van der Waals surface area contributed by atoms with E-state index in [2.05, 4.69) is 36.1 Å². The van der Waals surface area contributed by atoms with Crippen molar-refractivity contribution in [2.24, 2.45) is 11.8 Å². The lowest BCUT2D eigenvalue weighted by Crippen LogP contribution is -2.35. The SMILES string of the molecule is CC(C)CCNc1nc(N)c([N+](=O)[O-])c(N2CCC[C@H](C)C2)n1. The number of nitrogens with one attached hydrogen (secondary N) is 1. The second kappa shape index (κ2) is 7.43. The van der Waals surface area contributed by atoms with E-state index in [9.17, 15) is 10.1 Å².